The first-order valence-electron chi connectivity index (χ1n) is 12.6. The highest BCUT2D eigenvalue weighted by molar-refractivity contribution is 9.10. The number of nitrogens with zero attached hydrogens (tertiary/aromatic N) is 3. The summed E-state index contributed by atoms with van der Waals surface area (Å²) in [4.78, 5) is 14.1. The van der Waals surface area contributed by atoms with Crippen LogP contribution in [-0.2, 0) is 0 Å². The first kappa shape index (κ1) is 25.2. The van der Waals surface area contributed by atoms with Crippen molar-refractivity contribution in [2.45, 2.75) is 6.92 Å². The van der Waals surface area contributed by atoms with Gasteiger partial charge < -0.3 is 4.74 Å². The van der Waals surface area contributed by atoms with Gasteiger partial charge in [-0.25, -0.2) is 9.97 Å². The predicted molar refractivity (Wildman–Crippen MR) is 165 cm³/mol. The Labute approximate surface area is 240 Å². The molecule has 0 radical (unpaired) electrons. The van der Waals surface area contributed by atoms with Crippen LogP contribution < -0.4 is 4.74 Å². The highest BCUT2D eigenvalue weighted by atomic mass is 79.9. The molecule has 0 aliphatic rings. The van der Waals surface area contributed by atoms with Crippen molar-refractivity contribution >= 4 is 61.2 Å². The molecule has 0 aliphatic carbocycles. The molecule has 39 heavy (non-hydrogen) atoms. The lowest BCUT2D eigenvalue weighted by Gasteiger charge is -2.11. The van der Waals surface area contributed by atoms with Crippen LogP contribution in [0.25, 0.3) is 44.2 Å². The third-order valence-corrected chi connectivity index (χ3v) is 7.25. The number of halogens is 2. The van der Waals surface area contributed by atoms with Crippen molar-refractivity contribution < 1.29 is 4.74 Å². The molecule has 6 heteroatoms. The first-order valence-corrected chi connectivity index (χ1v) is 13.8. The Bertz CT molecular complexity index is 1840. The quantitative estimate of drug-likeness (QED) is 0.143. The normalized spacial score (nSPS) is 11.5. The lowest BCUT2D eigenvalue weighted by molar-refractivity contribution is 0.340. The van der Waals surface area contributed by atoms with Crippen molar-refractivity contribution in [3.8, 4) is 28.1 Å². The molecule has 2 aromatic heterocycles. The third kappa shape index (κ3) is 5.42. The maximum absolute atomic E-state index is 6.47. The smallest absolute Gasteiger partial charge is 0.138 e. The van der Waals surface area contributed by atoms with Crippen LogP contribution in [0.15, 0.2) is 113 Å². The molecule has 6 rings (SSSR count). The molecule has 0 spiro atoms. The van der Waals surface area contributed by atoms with E-state index in [4.69, 9.17) is 21.3 Å². The number of fused-ring (bicyclic) bond motifs is 2. The molecule has 0 unspecified atom stereocenters. The number of aliphatic imine (C=N–C) groups is 1. The molecule has 0 aliphatic heterocycles. The molecule has 4 aromatic carbocycles. The zero-order chi connectivity index (χ0) is 26.8. The van der Waals surface area contributed by atoms with E-state index in [1.807, 2.05) is 73.7 Å². The molecule has 0 bridgehead atoms. The Morgan fingerprint density at radius 1 is 0.821 bits per heavy atom. The zero-order valence-corrected chi connectivity index (χ0v) is 23.4. The average Bonchev–Trinajstić information content (AvgIpc) is 2.96. The number of hydrogen-bond donors (Lipinski definition) is 0. The summed E-state index contributed by atoms with van der Waals surface area (Å²) in [5.41, 5.74) is 7.54. The SMILES string of the molecule is CCOc1ccc2cc(C=Nc3ccc(-c4cc(-c5ccccc5)c5cc(Br)ccc5n4)cc3)c(Cl)nc2c1. The van der Waals surface area contributed by atoms with E-state index in [2.05, 4.69) is 62.3 Å². The van der Waals surface area contributed by atoms with Crippen LogP contribution in [-0.4, -0.2) is 22.8 Å². The van der Waals surface area contributed by atoms with Crippen LogP contribution in [0.2, 0.25) is 5.15 Å². The van der Waals surface area contributed by atoms with Gasteiger partial charge in [0, 0.05) is 38.7 Å². The third-order valence-electron chi connectivity index (χ3n) is 6.45. The van der Waals surface area contributed by atoms with Crippen molar-refractivity contribution in [1.29, 1.82) is 0 Å². The minimum absolute atomic E-state index is 0.400. The van der Waals surface area contributed by atoms with Gasteiger partial charge in [0.2, 0.25) is 0 Å². The molecule has 190 valence electrons. The van der Waals surface area contributed by atoms with Crippen LogP contribution in [0.3, 0.4) is 0 Å². The highest BCUT2D eigenvalue weighted by Crippen LogP contribution is 2.34. The van der Waals surface area contributed by atoms with E-state index in [-0.39, 0.29) is 0 Å². The van der Waals surface area contributed by atoms with Crippen molar-refractivity contribution in [1.82, 2.24) is 9.97 Å². The lowest BCUT2D eigenvalue weighted by atomic mass is 9.98. The van der Waals surface area contributed by atoms with Gasteiger partial charge in [-0.1, -0.05) is 70.0 Å². The summed E-state index contributed by atoms with van der Waals surface area (Å²) < 4.78 is 6.60. The molecule has 2 heterocycles. The van der Waals surface area contributed by atoms with Crippen molar-refractivity contribution in [3.05, 3.63) is 118 Å². The Balaban J connectivity index is 1.31. The Hall–Kier alpha value is -4.06. The number of rotatable bonds is 6. The van der Waals surface area contributed by atoms with E-state index in [0.717, 1.165) is 65.7 Å². The van der Waals surface area contributed by atoms with Gasteiger partial charge >= 0.3 is 0 Å². The van der Waals surface area contributed by atoms with Crippen molar-refractivity contribution in [2.75, 3.05) is 6.61 Å². The van der Waals surface area contributed by atoms with Gasteiger partial charge in [0.1, 0.15) is 10.9 Å². The van der Waals surface area contributed by atoms with Gasteiger partial charge in [0.25, 0.3) is 0 Å². The van der Waals surface area contributed by atoms with E-state index in [9.17, 15) is 0 Å². The lowest BCUT2D eigenvalue weighted by Crippen LogP contribution is -1.93. The first-order chi connectivity index (χ1) is 19.1. The topological polar surface area (TPSA) is 47.4 Å². The van der Waals surface area contributed by atoms with Gasteiger partial charge in [0.05, 0.1) is 29.0 Å². The summed E-state index contributed by atoms with van der Waals surface area (Å²) in [5, 5.41) is 2.48. The van der Waals surface area contributed by atoms with E-state index in [0.29, 0.717) is 11.8 Å². The second kappa shape index (κ2) is 11.0. The maximum Gasteiger partial charge on any atom is 0.138 e. The van der Waals surface area contributed by atoms with Crippen LogP contribution in [0.1, 0.15) is 12.5 Å². The van der Waals surface area contributed by atoms with Gasteiger partial charge in [-0.05, 0) is 72.6 Å². The molecular weight excluding hydrogens is 570 g/mol. The fraction of sp³-hybridized carbons (Fsp3) is 0.0606. The minimum Gasteiger partial charge on any atom is -0.494 e. The van der Waals surface area contributed by atoms with Crippen LogP contribution >= 0.6 is 27.5 Å². The summed E-state index contributed by atoms with van der Waals surface area (Å²) in [6, 6.07) is 34.6. The van der Waals surface area contributed by atoms with Crippen LogP contribution in [0, 0.1) is 0 Å². The van der Waals surface area contributed by atoms with E-state index < -0.39 is 0 Å². The Morgan fingerprint density at radius 3 is 2.44 bits per heavy atom. The summed E-state index contributed by atoms with van der Waals surface area (Å²) in [7, 11) is 0. The molecule has 0 amide bonds. The van der Waals surface area contributed by atoms with E-state index >= 15 is 0 Å². The van der Waals surface area contributed by atoms with Gasteiger partial charge in [0.15, 0.2) is 0 Å². The summed E-state index contributed by atoms with van der Waals surface area (Å²) >= 11 is 10.1. The fourth-order valence-electron chi connectivity index (χ4n) is 4.55. The van der Waals surface area contributed by atoms with E-state index in [1.165, 1.54) is 0 Å². The van der Waals surface area contributed by atoms with E-state index in [1.54, 1.807) is 6.21 Å². The van der Waals surface area contributed by atoms with Gasteiger partial charge in [-0.3, -0.25) is 4.99 Å². The Morgan fingerprint density at radius 2 is 1.64 bits per heavy atom. The zero-order valence-electron chi connectivity index (χ0n) is 21.1. The summed E-state index contributed by atoms with van der Waals surface area (Å²) in [5.74, 6) is 0.778. The standard InChI is InChI=1S/C33H23BrClN3O/c1-2-39-27-14-10-23-16-24(33(35)38-31(23)18-27)20-36-26-12-8-22(9-13-26)32-19-28(21-6-4-3-5-7-21)29-17-25(34)11-15-30(29)37-32/h3-20H,2H2,1H3. The fourth-order valence-corrected chi connectivity index (χ4v) is 5.11. The molecule has 0 saturated carbocycles. The van der Waals surface area contributed by atoms with Crippen LogP contribution in [0.4, 0.5) is 5.69 Å². The van der Waals surface area contributed by atoms with Gasteiger partial charge in [-0.2, -0.15) is 0 Å². The largest absolute Gasteiger partial charge is 0.494 e. The number of aromatic nitrogens is 2. The maximum atomic E-state index is 6.47. The molecule has 0 saturated heterocycles. The second-order valence-corrected chi connectivity index (χ2v) is 10.3. The second-order valence-electron chi connectivity index (χ2n) is 9.04. The minimum atomic E-state index is 0.400. The number of ether oxygens (including phenoxy) is 1. The average molecular weight is 593 g/mol. The number of benzene rings is 4. The molecular formula is C33H23BrClN3O. The van der Waals surface area contributed by atoms with Crippen LogP contribution in [0.5, 0.6) is 5.75 Å². The number of pyridine rings is 2. The highest BCUT2D eigenvalue weighted by Gasteiger charge is 2.11. The van der Waals surface area contributed by atoms with Crippen molar-refractivity contribution in [3.63, 3.8) is 0 Å². The summed E-state index contributed by atoms with van der Waals surface area (Å²) in [6.07, 6.45) is 1.75. The molecule has 0 atom stereocenters. The molecule has 6 aromatic rings. The molecule has 4 nitrogen and oxygen atoms in total. The number of hydrogen-bond acceptors (Lipinski definition) is 4. The van der Waals surface area contributed by atoms with Gasteiger partial charge in [-0.15, -0.1) is 0 Å². The van der Waals surface area contributed by atoms with Crippen molar-refractivity contribution in [2.24, 2.45) is 4.99 Å². The Kier molecular flexibility index (Phi) is 7.10. The monoisotopic (exact) mass is 591 g/mol. The molecule has 0 fully saturated rings. The summed E-state index contributed by atoms with van der Waals surface area (Å²) in [6.45, 7) is 2.56. The predicted octanol–water partition coefficient (Wildman–Crippen LogP) is 9.68. The molecule has 0 N–H and O–H groups in total.